The van der Waals surface area contributed by atoms with Crippen molar-refractivity contribution < 1.29 is 0 Å². The topological polar surface area (TPSA) is 84.0 Å². The van der Waals surface area contributed by atoms with Gasteiger partial charge in [0.1, 0.15) is 12.1 Å². The molecule has 0 aromatic heterocycles. The normalized spacial score (nSPS) is 19.8. The highest BCUT2D eigenvalue weighted by molar-refractivity contribution is 8.15. The molecule has 0 saturated carbocycles. The van der Waals surface area contributed by atoms with Crippen LogP contribution in [0.2, 0.25) is 0 Å². The van der Waals surface area contributed by atoms with Crippen LogP contribution in [0.4, 0.5) is 5.69 Å². The van der Waals surface area contributed by atoms with E-state index in [-0.39, 0.29) is 0 Å². The van der Waals surface area contributed by atoms with E-state index >= 15 is 0 Å². The molecule has 0 bridgehead atoms. The molecule has 1 aromatic carbocycles. The average Bonchev–Trinajstić information content (AvgIpc) is 2.75. The predicted molar refractivity (Wildman–Crippen MR) is 61.4 cm³/mol. The number of aliphatic imine (C=N–C) groups is 1. The molecule has 2 rings (SSSR count). The van der Waals surface area contributed by atoms with E-state index in [9.17, 15) is 0 Å². The molecule has 0 radical (unpaired) electrons. The van der Waals surface area contributed by atoms with Gasteiger partial charge in [0.05, 0.1) is 5.69 Å². The Kier molecular flexibility index (Phi) is 2.78. The standard InChI is InChI=1S/C10H7N5S/c11-6-10(7-12)15-14-9(16-10)13-8-4-2-1-3-5-8/h1-5,15H,(H,13,14). The zero-order chi connectivity index (χ0) is 11.4. The van der Waals surface area contributed by atoms with E-state index in [2.05, 4.69) is 15.8 Å². The second kappa shape index (κ2) is 4.23. The van der Waals surface area contributed by atoms with Crippen molar-refractivity contribution in [3.63, 3.8) is 0 Å². The van der Waals surface area contributed by atoms with Crippen molar-refractivity contribution in [1.82, 2.24) is 10.9 Å². The summed E-state index contributed by atoms with van der Waals surface area (Å²) < 4.78 is 0. The van der Waals surface area contributed by atoms with E-state index in [0.29, 0.717) is 5.17 Å². The van der Waals surface area contributed by atoms with Gasteiger partial charge in [0, 0.05) is 0 Å². The van der Waals surface area contributed by atoms with Crippen molar-refractivity contribution >= 4 is 22.6 Å². The number of nitriles is 2. The van der Waals surface area contributed by atoms with Crippen molar-refractivity contribution in [3.8, 4) is 12.1 Å². The first-order valence-corrected chi connectivity index (χ1v) is 5.28. The second-order valence-electron chi connectivity index (χ2n) is 3.01. The Morgan fingerprint density at radius 2 is 1.88 bits per heavy atom. The number of para-hydroxylation sites is 1. The molecule has 1 aromatic rings. The van der Waals surface area contributed by atoms with E-state index in [1.165, 1.54) is 0 Å². The molecule has 78 valence electrons. The van der Waals surface area contributed by atoms with Gasteiger partial charge in [-0.05, 0) is 23.9 Å². The molecule has 0 spiro atoms. The van der Waals surface area contributed by atoms with Crippen LogP contribution in [0.3, 0.4) is 0 Å². The Morgan fingerprint density at radius 1 is 1.19 bits per heavy atom. The Hall–Kier alpha value is -2.02. The van der Waals surface area contributed by atoms with Gasteiger partial charge in [-0.2, -0.15) is 15.9 Å². The third-order valence-electron chi connectivity index (χ3n) is 1.90. The minimum Gasteiger partial charge on any atom is -0.297 e. The number of amidine groups is 1. The van der Waals surface area contributed by atoms with Crippen LogP contribution in [0.1, 0.15) is 0 Å². The summed E-state index contributed by atoms with van der Waals surface area (Å²) in [5, 5.41) is 18.2. The highest BCUT2D eigenvalue weighted by Crippen LogP contribution is 2.27. The van der Waals surface area contributed by atoms with Gasteiger partial charge in [0.15, 0.2) is 5.17 Å². The van der Waals surface area contributed by atoms with Gasteiger partial charge < -0.3 is 0 Å². The minimum absolute atomic E-state index is 0.509. The molecule has 1 fully saturated rings. The summed E-state index contributed by atoms with van der Waals surface area (Å²) in [4.78, 5) is 2.97. The number of nitrogens with zero attached hydrogens (tertiary/aromatic N) is 3. The smallest absolute Gasteiger partial charge is 0.263 e. The van der Waals surface area contributed by atoms with Gasteiger partial charge in [-0.3, -0.25) is 5.43 Å². The van der Waals surface area contributed by atoms with Gasteiger partial charge in [-0.25, -0.2) is 4.99 Å². The van der Waals surface area contributed by atoms with Crippen LogP contribution in [0.5, 0.6) is 0 Å². The fourth-order valence-electron chi connectivity index (χ4n) is 1.13. The molecule has 16 heavy (non-hydrogen) atoms. The van der Waals surface area contributed by atoms with Gasteiger partial charge in [0.25, 0.3) is 4.87 Å². The third kappa shape index (κ3) is 1.98. The number of hydrogen-bond acceptors (Lipinski definition) is 5. The second-order valence-corrected chi connectivity index (χ2v) is 4.21. The highest BCUT2D eigenvalue weighted by Gasteiger charge is 2.38. The molecular formula is C10H7N5S. The largest absolute Gasteiger partial charge is 0.297 e. The Morgan fingerprint density at radius 3 is 2.44 bits per heavy atom. The van der Waals surface area contributed by atoms with E-state index in [1.54, 1.807) is 0 Å². The van der Waals surface area contributed by atoms with Crippen LogP contribution in [0.25, 0.3) is 0 Å². The first kappa shape index (κ1) is 10.5. The monoisotopic (exact) mass is 229 g/mol. The zero-order valence-electron chi connectivity index (χ0n) is 8.14. The molecule has 1 aliphatic rings. The SMILES string of the molecule is N#CC1(C#N)NNC(=Nc2ccccc2)S1. The molecule has 1 saturated heterocycles. The lowest BCUT2D eigenvalue weighted by molar-refractivity contribution is 0.641. The molecule has 5 nitrogen and oxygen atoms in total. The number of hydrazine groups is 1. The van der Waals surface area contributed by atoms with Gasteiger partial charge >= 0.3 is 0 Å². The summed E-state index contributed by atoms with van der Waals surface area (Å²) in [7, 11) is 0. The van der Waals surface area contributed by atoms with Crippen LogP contribution < -0.4 is 10.9 Å². The summed E-state index contributed by atoms with van der Waals surface area (Å²) in [6.45, 7) is 0. The summed E-state index contributed by atoms with van der Waals surface area (Å²) in [5.41, 5.74) is 6.08. The van der Waals surface area contributed by atoms with Crippen LogP contribution in [0.15, 0.2) is 35.3 Å². The minimum atomic E-state index is -1.28. The van der Waals surface area contributed by atoms with Crippen molar-refractivity contribution in [2.24, 2.45) is 4.99 Å². The van der Waals surface area contributed by atoms with E-state index in [4.69, 9.17) is 10.5 Å². The highest BCUT2D eigenvalue weighted by atomic mass is 32.2. The van der Waals surface area contributed by atoms with E-state index in [0.717, 1.165) is 17.4 Å². The van der Waals surface area contributed by atoms with E-state index < -0.39 is 4.87 Å². The predicted octanol–water partition coefficient (Wildman–Crippen LogP) is 1.26. The fraction of sp³-hybridized carbons (Fsp3) is 0.100. The molecule has 0 unspecified atom stereocenters. The molecule has 0 amide bonds. The lowest BCUT2D eigenvalue weighted by Crippen LogP contribution is -2.40. The van der Waals surface area contributed by atoms with Crippen LogP contribution in [0, 0.1) is 22.7 Å². The van der Waals surface area contributed by atoms with Gasteiger partial charge in [-0.15, -0.1) is 0 Å². The maximum atomic E-state index is 8.85. The average molecular weight is 229 g/mol. The number of benzene rings is 1. The zero-order valence-corrected chi connectivity index (χ0v) is 8.95. The fourth-order valence-corrected chi connectivity index (χ4v) is 1.87. The maximum absolute atomic E-state index is 8.85. The number of hydrogen-bond donors (Lipinski definition) is 2. The summed E-state index contributed by atoms with van der Waals surface area (Å²) >= 11 is 1.06. The molecule has 0 aliphatic carbocycles. The van der Waals surface area contributed by atoms with Crippen molar-refractivity contribution in [3.05, 3.63) is 30.3 Å². The first-order valence-electron chi connectivity index (χ1n) is 4.46. The molecule has 6 heteroatoms. The molecule has 2 N–H and O–H groups in total. The number of nitrogens with one attached hydrogen (secondary N) is 2. The summed E-state index contributed by atoms with van der Waals surface area (Å²) in [6.07, 6.45) is 0. The quantitative estimate of drug-likeness (QED) is 0.757. The lowest BCUT2D eigenvalue weighted by atomic mass is 10.3. The van der Waals surface area contributed by atoms with Crippen molar-refractivity contribution in [2.45, 2.75) is 4.87 Å². The van der Waals surface area contributed by atoms with Crippen LogP contribution in [-0.4, -0.2) is 10.0 Å². The van der Waals surface area contributed by atoms with Gasteiger partial charge in [-0.1, -0.05) is 18.2 Å². The van der Waals surface area contributed by atoms with E-state index in [1.807, 2.05) is 42.5 Å². The molecule has 1 aliphatic heterocycles. The molecular weight excluding hydrogens is 222 g/mol. The third-order valence-corrected chi connectivity index (χ3v) is 2.87. The Balaban J connectivity index is 2.20. The summed E-state index contributed by atoms with van der Waals surface area (Å²) in [5.74, 6) is 0. The van der Waals surface area contributed by atoms with Crippen LogP contribution in [-0.2, 0) is 0 Å². The van der Waals surface area contributed by atoms with Crippen molar-refractivity contribution in [1.29, 1.82) is 10.5 Å². The lowest BCUT2D eigenvalue weighted by Gasteiger charge is -2.04. The van der Waals surface area contributed by atoms with Crippen LogP contribution >= 0.6 is 11.8 Å². The van der Waals surface area contributed by atoms with Crippen molar-refractivity contribution in [2.75, 3.05) is 0 Å². The van der Waals surface area contributed by atoms with Gasteiger partial charge in [0.2, 0.25) is 0 Å². The summed E-state index contributed by atoms with van der Waals surface area (Å²) in [6, 6.07) is 13.1. The maximum Gasteiger partial charge on any atom is 0.263 e. The Labute approximate surface area is 96.8 Å². The number of thioether (sulfide) groups is 1. The molecule has 0 atom stereocenters. The number of rotatable bonds is 1. The molecule has 1 heterocycles. The Bertz CT molecular complexity index is 482. The first-order chi connectivity index (χ1) is 7.78.